The van der Waals surface area contributed by atoms with Crippen LogP contribution in [0.15, 0.2) is 76.2 Å². The highest BCUT2D eigenvalue weighted by Crippen LogP contribution is 2.48. The highest BCUT2D eigenvalue weighted by molar-refractivity contribution is 8.05. The summed E-state index contributed by atoms with van der Waals surface area (Å²) < 4.78 is 4.31. The number of amides is 2. The lowest BCUT2D eigenvalue weighted by Gasteiger charge is -2.53. The Kier molecular flexibility index (Phi) is 6.57. The molecule has 1 aromatic heterocycles. The minimum absolute atomic E-state index is 0.0551. The Balaban J connectivity index is 1.28. The smallest absolute Gasteiger partial charge is 0.322 e. The summed E-state index contributed by atoms with van der Waals surface area (Å²) >= 11 is 8.50. The van der Waals surface area contributed by atoms with Crippen LogP contribution in [0.5, 0.6) is 0 Å². The lowest BCUT2D eigenvalue weighted by Crippen LogP contribution is -2.74. The SMILES string of the molecule is O=C(Cc1ccc(Cl)cc1)NC1C(=O)N2CC(Sc3ccccc3-c3ccco3)(C(=O)O)CS[C@H]12. The minimum atomic E-state index is -1.22. The zero-order valence-corrected chi connectivity index (χ0v) is 20.7. The largest absolute Gasteiger partial charge is 0.480 e. The fourth-order valence-corrected chi connectivity index (χ4v) is 7.29. The normalized spacial score (nSPS) is 23.3. The van der Waals surface area contributed by atoms with E-state index >= 15 is 0 Å². The quantitative estimate of drug-likeness (QED) is 0.444. The lowest BCUT2D eigenvalue weighted by molar-refractivity contribution is -0.152. The number of nitrogens with zero attached hydrogens (tertiary/aromatic N) is 1. The number of carbonyl (C=O) groups is 3. The maximum Gasteiger partial charge on any atom is 0.322 e. The number of hydrogen-bond donors (Lipinski definition) is 2. The fraction of sp³-hybridized carbons (Fsp3) is 0.240. The number of β-lactam (4-membered cyclic amide) rings is 1. The zero-order valence-electron chi connectivity index (χ0n) is 18.3. The summed E-state index contributed by atoms with van der Waals surface area (Å²) in [7, 11) is 0. The van der Waals surface area contributed by atoms with Gasteiger partial charge < -0.3 is 19.7 Å². The second-order valence-corrected chi connectivity index (χ2v) is 11.4. The summed E-state index contributed by atoms with van der Waals surface area (Å²) in [4.78, 5) is 40.2. The minimum Gasteiger partial charge on any atom is -0.480 e. The third-order valence-electron chi connectivity index (χ3n) is 6.02. The average Bonchev–Trinajstić information content (AvgIpc) is 3.39. The van der Waals surface area contributed by atoms with E-state index in [0.29, 0.717) is 10.8 Å². The molecule has 2 saturated heterocycles. The summed E-state index contributed by atoms with van der Waals surface area (Å²) in [6.07, 6.45) is 1.71. The predicted molar refractivity (Wildman–Crippen MR) is 135 cm³/mol. The number of carbonyl (C=O) groups excluding carboxylic acids is 2. The molecule has 0 saturated carbocycles. The van der Waals surface area contributed by atoms with E-state index in [-0.39, 0.29) is 35.9 Å². The Morgan fingerprint density at radius 1 is 1.17 bits per heavy atom. The predicted octanol–water partition coefficient (Wildman–Crippen LogP) is 4.16. The van der Waals surface area contributed by atoms with Crippen molar-refractivity contribution < 1.29 is 23.9 Å². The standard InChI is InChI=1S/C25H21ClN2O5S2/c26-16-9-7-15(8-10-16)12-20(29)27-21-22(30)28-13-25(24(31)32,14-34-23(21)28)35-19-6-2-1-4-17(19)18-5-3-11-33-18/h1-11,21,23H,12-14H2,(H,27,29)(H,31,32)/t21?,23-,25?/m1/s1. The lowest BCUT2D eigenvalue weighted by atomic mass is 10.0. The Hall–Kier alpha value is -2.88. The zero-order chi connectivity index (χ0) is 24.6. The van der Waals surface area contributed by atoms with Crippen LogP contribution in [0.25, 0.3) is 11.3 Å². The number of thioether (sulfide) groups is 2. The Morgan fingerprint density at radius 3 is 2.66 bits per heavy atom. The maximum atomic E-state index is 12.9. The van der Waals surface area contributed by atoms with Crippen LogP contribution in [0.4, 0.5) is 0 Å². The monoisotopic (exact) mass is 528 g/mol. The number of halogens is 1. The molecule has 2 unspecified atom stereocenters. The van der Waals surface area contributed by atoms with Crippen LogP contribution < -0.4 is 5.32 Å². The van der Waals surface area contributed by atoms with Crippen molar-refractivity contribution in [2.24, 2.45) is 0 Å². The van der Waals surface area contributed by atoms with Crippen molar-refractivity contribution in [3.05, 3.63) is 77.5 Å². The number of nitrogens with one attached hydrogen (secondary N) is 1. The molecule has 2 aliphatic rings. The maximum absolute atomic E-state index is 12.9. The van der Waals surface area contributed by atoms with Crippen LogP contribution in [0.2, 0.25) is 5.02 Å². The molecule has 180 valence electrons. The number of carboxylic acid groups (broad SMARTS) is 1. The van der Waals surface area contributed by atoms with E-state index in [1.807, 2.05) is 30.3 Å². The number of aliphatic carboxylic acids is 1. The average molecular weight is 529 g/mol. The van der Waals surface area contributed by atoms with Gasteiger partial charge in [-0.15, -0.1) is 23.5 Å². The van der Waals surface area contributed by atoms with Crippen molar-refractivity contribution in [1.29, 1.82) is 0 Å². The summed E-state index contributed by atoms with van der Waals surface area (Å²) in [6.45, 7) is 0.0551. The van der Waals surface area contributed by atoms with Crippen molar-refractivity contribution in [2.75, 3.05) is 12.3 Å². The molecule has 2 fully saturated rings. The first-order valence-electron chi connectivity index (χ1n) is 10.9. The molecule has 2 aliphatic heterocycles. The van der Waals surface area contributed by atoms with Gasteiger partial charge >= 0.3 is 5.97 Å². The van der Waals surface area contributed by atoms with Crippen LogP contribution in [0, 0.1) is 0 Å². The van der Waals surface area contributed by atoms with E-state index in [1.54, 1.807) is 41.5 Å². The van der Waals surface area contributed by atoms with Crippen LogP contribution in [-0.2, 0) is 20.8 Å². The van der Waals surface area contributed by atoms with E-state index in [2.05, 4.69) is 5.32 Å². The Labute approximate surface area is 215 Å². The molecular weight excluding hydrogens is 508 g/mol. The third-order valence-corrected chi connectivity index (χ3v) is 9.39. The van der Waals surface area contributed by atoms with Crippen molar-refractivity contribution in [1.82, 2.24) is 10.2 Å². The molecule has 3 heterocycles. The molecule has 2 amide bonds. The van der Waals surface area contributed by atoms with E-state index in [9.17, 15) is 19.5 Å². The van der Waals surface area contributed by atoms with Gasteiger partial charge in [-0.25, -0.2) is 0 Å². The molecule has 2 N–H and O–H groups in total. The molecular formula is C25H21ClN2O5S2. The molecule has 35 heavy (non-hydrogen) atoms. The number of furan rings is 1. The molecule has 3 aromatic rings. The summed E-state index contributed by atoms with van der Waals surface area (Å²) in [6, 6.07) is 17.4. The Bertz CT molecular complexity index is 1270. The summed E-state index contributed by atoms with van der Waals surface area (Å²) in [5.74, 6) is -0.568. The van der Waals surface area contributed by atoms with Gasteiger partial charge in [-0.2, -0.15) is 0 Å². The third kappa shape index (κ3) is 4.68. The van der Waals surface area contributed by atoms with Crippen LogP contribution in [-0.4, -0.2) is 56.3 Å². The number of rotatable bonds is 7. The number of hydrogen-bond acceptors (Lipinski definition) is 6. The van der Waals surface area contributed by atoms with Gasteiger partial charge in [0.15, 0.2) is 0 Å². The first kappa shape index (κ1) is 23.8. The van der Waals surface area contributed by atoms with Crippen molar-refractivity contribution >= 4 is 52.9 Å². The first-order chi connectivity index (χ1) is 16.9. The van der Waals surface area contributed by atoms with Gasteiger partial charge in [0, 0.05) is 27.8 Å². The van der Waals surface area contributed by atoms with E-state index < -0.39 is 16.8 Å². The van der Waals surface area contributed by atoms with Gasteiger partial charge in [-0.1, -0.05) is 41.9 Å². The molecule has 0 spiro atoms. The Morgan fingerprint density at radius 2 is 1.94 bits per heavy atom. The van der Waals surface area contributed by atoms with Gasteiger partial charge in [0.1, 0.15) is 21.9 Å². The van der Waals surface area contributed by atoms with Gasteiger partial charge in [0.2, 0.25) is 11.8 Å². The molecule has 10 heteroatoms. The van der Waals surface area contributed by atoms with Crippen molar-refractivity contribution in [3.8, 4) is 11.3 Å². The van der Waals surface area contributed by atoms with Crippen LogP contribution in [0.1, 0.15) is 5.56 Å². The highest BCUT2D eigenvalue weighted by atomic mass is 35.5. The number of carboxylic acids is 1. The topological polar surface area (TPSA) is 99.9 Å². The second-order valence-electron chi connectivity index (χ2n) is 8.39. The molecule has 0 aliphatic carbocycles. The number of fused-ring (bicyclic) bond motifs is 1. The van der Waals surface area contributed by atoms with Crippen molar-refractivity contribution in [3.63, 3.8) is 0 Å². The van der Waals surface area contributed by atoms with Gasteiger partial charge in [-0.05, 0) is 35.9 Å². The number of benzene rings is 2. The van der Waals surface area contributed by atoms with Gasteiger partial charge in [0.25, 0.3) is 0 Å². The van der Waals surface area contributed by atoms with Crippen LogP contribution >= 0.6 is 35.1 Å². The van der Waals surface area contributed by atoms with Crippen molar-refractivity contribution in [2.45, 2.75) is 27.5 Å². The van der Waals surface area contributed by atoms with Crippen LogP contribution in [0.3, 0.4) is 0 Å². The first-order valence-corrected chi connectivity index (χ1v) is 13.1. The van der Waals surface area contributed by atoms with E-state index in [4.69, 9.17) is 16.0 Å². The summed E-state index contributed by atoms with van der Waals surface area (Å²) in [5, 5.41) is 13.3. The fourth-order valence-electron chi connectivity index (χ4n) is 4.20. The van der Waals surface area contributed by atoms with Gasteiger partial charge in [0.05, 0.1) is 12.7 Å². The molecule has 5 rings (SSSR count). The highest BCUT2D eigenvalue weighted by Gasteiger charge is 2.58. The van der Waals surface area contributed by atoms with E-state index in [1.165, 1.54) is 23.5 Å². The molecule has 0 bridgehead atoms. The molecule has 0 radical (unpaired) electrons. The van der Waals surface area contributed by atoms with Gasteiger partial charge in [-0.3, -0.25) is 14.4 Å². The summed E-state index contributed by atoms with van der Waals surface area (Å²) in [5.41, 5.74) is 1.60. The van der Waals surface area contributed by atoms with E-state index in [0.717, 1.165) is 16.0 Å². The second kappa shape index (κ2) is 9.64. The molecule has 3 atom stereocenters. The molecule has 2 aromatic carbocycles. The molecule has 7 nitrogen and oxygen atoms in total.